The Hall–Kier alpha value is -2.40. The summed E-state index contributed by atoms with van der Waals surface area (Å²) in [5.74, 6) is 0.428. The van der Waals surface area contributed by atoms with Gasteiger partial charge in [0.25, 0.3) is 5.91 Å². The van der Waals surface area contributed by atoms with Crippen molar-refractivity contribution in [3.05, 3.63) is 11.9 Å². The summed E-state index contributed by atoms with van der Waals surface area (Å²) < 4.78 is 1.59. The molecule has 1 unspecified atom stereocenters. The van der Waals surface area contributed by atoms with Crippen LogP contribution in [0.4, 0.5) is 0 Å². The summed E-state index contributed by atoms with van der Waals surface area (Å²) in [4.78, 5) is 22.7. The number of aliphatic carboxylic acids is 1. The van der Waals surface area contributed by atoms with Gasteiger partial charge in [-0.2, -0.15) is 0 Å². The maximum atomic E-state index is 11.8. The Labute approximate surface area is 109 Å². The predicted octanol–water partition coefficient (Wildman–Crippen LogP) is -1.37. The molecule has 3 N–H and O–H groups in total. The van der Waals surface area contributed by atoms with E-state index in [1.54, 1.807) is 4.68 Å². The molecule has 0 radical (unpaired) electrons. The van der Waals surface area contributed by atoms with Gasteiger partial charge < -0.3 is 15.7 Å². The van der Waals surface area contributed by atoms with E-state index in [4.69, 9.17) is 11.5 Å². The van der Waals surface area contributed by atoms with Crippen molar-refractivity contribution in [2.45, 2.75) is 18.5 Å². The summed E-state index contributed by atoms with van der Waals surface area (Å²) in [5, 5.41) is 21.8. The van der Waals surface area contributed by atoms with Crippen molar-refractivity contribution in [3.8, 4) is 12.3 Å². The van der Waals surface area contributed by atoms with Crippen LogP contribution in [0, 0.1) is 12.3 Å². The zero-order chi connectivity index (χ0) is 13.8. The third kappa shape index (κ3) is 2.89. The second-order valence-electron chi connectivity index (χ2n) is 4.17. The topological polar surface area (TPSA) is 109 Å². The Morgan fingerprint density at radius 2 is 2.42 bits per heavy atom. The van der Waals surface area contributed by atoms with E-state index in [-0.39, 0.29) is 18.2 Å². The van der Waals surface area contributed by atoms with E-state index in [1.807, 2.05) is 0 Å². The minimum Gasteiger partial charge on any atom is -0.480 e. The van der Waals surface area contributed by atoms with Gasteiger partial charge in [-0.3, -0.25) is 4.79 Å². The van der Waals surface area contributed by atoms with Gasteiger partial charge in [0, 0.05) is 19.5 Å². The van der Waals surface area contributed by atoms with Crippen LogP contribution in [0.15, 0.2) is 6.20 Å². The first-order chi connectivity index (χ1) is 9.11. The summed E-state index contributed by atoms with van der Waals surface area (Å²) >= 11 is 0. The lowest BCUT2D eigenvalue weighted by Crippen LogP contribution is -2.43. The molecule has 1 aromatic heterocycles. The minimum atomic E-state index is -1.18. The zero-order valence-electron chi connectivity index (χ0n) is 10.0. The molecule has 1 amide bonds. The molecule has 1 atom stereocenters. The van der Waals surface area contributed by atoms with Crippen molar-refractivity contribution in [2.75, 3.05) is 13.1 Å². The molecule has 1 aromatic rings. The number of carboxylic acids is 1. The third-order valence-corrected chi connectivity index (χ3v) is 2.80. The van der Waals surface area contributed by atoms with Crippen LogP contribution in [0.5, 0.6) is 0 Å². The number of rotatable bonds is 5. The highest BCUT2D eigenvalue weighted by Crippen LogP contribution is 2.09. The molecule has 8 nitrogen and oxygen atoms in total. The van der Waals surface area contributed by atoms with Crippen LogP contribution in [0.25, 0.3) is 0 Å². The third-order valence-electron chi connectivity index (χ3n) is 2.80. The van der Waals surface area contributed by atoms with Gasteiger partial charge in [-0.25, -0.2) is 9.48 Å². The number of nitrogens with zero attached hydrogens (tertiary/aromatic N) is 3. The molecule has 2 heterocycles. The van der Waals surface area contributed by atoms with Crippen LogP contribution in [0.3, 0.4) is 0 Å². The molecule has 1 saturated heterocycles. The largest absolute Gasteiger partial charge is 0.480 e. The van der Waals surface area contributed by atoms with E-state index in [0.717, 1.165) is 13.1 Å². The number of hydrogen-bond donors (Lipinski definition) is 3. The number of terminal acetylenes is 1. The molecule has 19 heavy (non-hydrogen) atoms. The average molecular weight is 263 g/mol. The van der Waals surface area contributed by atoms with E-state index in [2.05, 4.69) is 26.9 Å². The van der Waals surface area contributed by atoms with Gasteiger partial charge in [-0.1, -0.05) is 5.21 Å². The molecular formula is C11H13N5O3. The monoisotopic (exact) mass is 263 g/mol. The van der Waals surface area contributed by atoms with Crippen molar-refractivity contribution in [2.24, 2.45) is 0 Å². The summed E-state index contributed by atoms with van der Waals surface area (Å²) in [6, 6.07) is -0.928. The molecule has 0 aromatic carbocycles. The van der Waals surface area contributed by atoms with E-state index in [1.165, 1.54) is 6.20 Å². The quantitative estimate of drug-likeness (QED) is 0.565. The molecule has 1 fully saturated rings. The Morgan fingerprint density at radius 1 is 1.68 bits per heavy atom. The standard InChI is InChI=1S/C11H13N5O3/c1-2-3-8(11(18)19)13-10(17)9-6-16(15-14-9)7-4-12-5-7/h1,6-8,12H,3-5H2,(H,13,17)(H,18,19). The predicted molar refractivity (Wildman–Crippen MR) is 64.3 cm³/mol. The number of amides is 1. The number of hydrogen-bond acceptors (Lipinski definition) is 5. The average Bonchev–Trinajstić information content (AvgIpc) is 2.75. The molecule has 1 aliphatic rings. The number of nitrogens with one attached hydrogen (secondary N) is 2. The fraction of sp³-hybridized carbons (Fsp3) is 0.455. The van der Waals surface area contributed by atoms with Crippen LogP contribution < -0.4 is 10.6 Å². The van der Waals surface area contributed by atoms with Gasteiger partial charge in [0.15, 0.2) is 5.69 Å². The highest BCUT2D eigenvalue weighted by molar-refractivity contribution is 5.94. The maximum Gasteiger partial charge on any atom is 0.327 e. The maximum absolute atomic E-state index is 11.8. The molecule has 8 heteroatoms. The van der Waals surface area contributed by atoms with Crippen LogP contribution in [0.1, 0.15) is 23.0 Å². The Balaban J connectivity index is 2.00. The first kappa shape index (κ1) is 13.0. The molecule has 0 spiro atoms. The number of carboxylic acid groups (broad SMARTS) is 1. The second kappa shape index (κ2) is 5.49. The summed E-state index contributed by atoms with van der Waals surface area (Å²) in [6.07, 6.45) is 6.46. The van der Waals surface area contributed by atoms with E-state index in [9.17, 15) is 9.59 Å². The van der Waals surface area contributed by atoms with Gasteiger partial charge in [0.2, 0.25) is 0 Å². The van der Waals surface area contributed by atoms with E-state index in [0.29, 0.717) is 0 Å². The fourth-order valence-corrected chi connectivity index (χ4v) is 1.57. The first-order valence-electron chi connectivity index (χ1n) is 5.71. The zero-order valence-corrected chi connectivity index (χ0v) is 10.0. The summed E-state index contributed by atoms with van der Waals surface area (Å²) in [5.41, 5.74) is 0.0789. The van der Waals surface area contributed by atoms with Crippen LogP contribution in [0.2, 0.25) is 0 Å². The Morgan fingerprint density at radius 3 is 2.95 bits per heavy atom. The molecule has 0 saturated carbocycles. The van der Waals surface area contributed by atoms with Crippen molar-refractivity contribution in [1.82, 2.24) is 25.6 Å². The van der Waals surface area contributed by atoms with Crippen molar-refractivity contribution in [3.63, 3.8) is 0 Å². The lowest BCUT2D eigenvalue weighted by Gasteiger charge is -2.26. The second-order valence-corrected chi connectivity index (χ2v) is 4.17. The Bertz CT molecular complexity index is 529. The SMILES string of the molecule is C#CCC(NC(=O)c1cn(C2CNC2)nn1)C(=O)O. The van der Waals surface area contributed by atoms with Crippen LogP contribution in [-0.2, 0) is 4.79 Å². The molecule has 2 rings (SSSR count). The van der Waals surface area contributed by atoms with Gasteiger partial charge in [-0.15, -0.1) is 17.4 Å². The van der Waals surface area contributed by atoms with Crippen molar-refractivity contribution < 1.29 is 14.7 Å². The van der Waals surface area contributed by atoms with E-state index < -0.39 is 17.9 Å². The molecule has 0 bridgehead atoms. The Kier molecular flexibility index (Phi) is 3.77. The number of aromatic nitrogens is 3. The molecule has 100 valence electrons. The highest BCUT2D eigenvalue weighted by atomic mass is 16.4. The highest BCUT2D eigenvalue weighted by Gasteiger charge is 2.24. The molecular weight excluding hydrogens is 250 g/mol. The smallest absolute Gasteiger partial charge is 0.327 e. The number of carbonyl (C=O) groups is 2. The van der Waals surface area contributed by atoms with Gasteiger partial charge in [0.1, 0.15) is 6.04 Å². The van der Waals surface area contributed by atoms with Gasteiger partial charge >= 0.3 is 5.97 Å². The van der Waals surface area contributed by atoms with Gasteiger partial charge in [0.05, 0.1) is 12.2 Å². The summed E-state index contributed by atoms with van der Waals surface area (Å²) in [7, 11) is 0. The molecule has 1 aliphatic heterocycles. The fourth-order valence-electron chi connectivity index (χ4n) is 1.57. The van der Waals surface area contributed by atoms with Crippen molar-refractivity contribution in [1.29, 1.82) is 0 Å². The minimum absolute atomic E-state index is 0.0789. The lowest BCUT2D eigenvalue weighted by molar-refractivity contribution is -0.139. The lowest BCUT2D eigenvalue weighted by atomic mass is 10.2. The molecule has 0 aliphatic carbocycles. The van der Waals surface area contributed by atoms with Crippen molar-refractivity contribution >= 4 is 11.9 Å². The summed E-state index contributed by atoms with van der Waals surface area (Å²) in [6.45, 7) is 1.55. The normalized spacial score (nSPS) is 16.2. The number of carbonyl (C=O) groups excluding carboxylic acids is 1. The van der Waals surface area contributed by atoms with Gasteiger partial charge in [-0.05, 0) is 0 Å². The van der Waals surface area contributed by atoms with Crippen LogP contribution in [-0.4, -0.2) is 51.1 Å². The first-order valence-corrected chi connectivity index (χ1v) is 5.71. The van der Waals surface area contributed by atoms with E-state index >= 15 is 0 Å². The van der Waals surface area contributed by atoms with Crippen LogP contribution >= 0.6 is 0 Å².